The summed E-state index contributed by atoms with van der Waals surface area (Å²) in [5.74, 6) is 0.287. The molecule has 110 valence electrons. The summed E-state index contributed by atoms with van der Waals surface area (Å²) in [7, 11) is 0. The number of nitrogens with one attached hydrogen (secondary N) is 1. The van der Waals surface area contributed by atoms with Crippen molar-refractivity contribution >= 4 is 15.9 Å². The summed E-state index contributed by atoms with van der Waals surface area (Å²) >= 11 is 3.60. The molecule has 0 aliphatic heterocycles. The van der Waals surface area contributed by atoms with Crippen LogP contribution in [0.15, 0.2) is 53.0 Å². The Hall–Kier alpha value is -1.19. The maximum atomic E-state index is 13.7. The van der Waals surface area contributed by atoms with Gasteiger partial charge in [-0.05, 0) is 48.9 Å². The molecule has 0 radical (unpaired) electrons. The van der Waals surface area contributed by atoms with E-state index in [0.29, 0.717) is 18.0 Å². The Balaban J connectivity index is 1.58. The lowest BCUT2D eigenvalue weighted by Crippen LogP contribution is -2.41. The minimum Gasteiger partial charge on any atom is -0.307 e. The Bertz CT molecular complexity index is 622. The van der Waals surface area contributed by atoms with Crippen LogP contribution in [0.5, 0.6) is 0 Å². The number of hydrogen-bond acceptors (Lipinski definition) is 1. The second kappa shape index (κ2) is 6.29. The molecule has 21 heavy (non-hydrogen) atoms. The first kappa shape index (κ1) is 14.7. The standard InChI is InChI=1S/C18H19BrFN/c1-12(15-6-2-4-8-17(15)19)21-14-10-13(11-14)16-7-3-5-9-18(16)20/h2-9,12-14,21H,10-11H2,1H3/t12-,13?,14?/m0/s1. The highest BCUT2D eigenvalue weighted by Crippen LogP contribution is 2.39. The molecule has 0 unspecified atom stereocenters. The highest BCUT2D eigenvalue weighted by Gasteiger charge is 2.32. The highest BCUT2D eigenvalue weighted by atomic mass is 79.9. The van der Waals surface area contributed by atoms with Crippen LogP contribution in [-0.2, 0) is 0 Å². The van der Waals surface area contributed by atoms with Crippen LogP contribution < -0.4 is 5.32 Å². The average Bonchev–Trinajstić information content (AvgIpc) is 2.44. The van der Waals surface area contributed by atoms with Gasteiger partial charge in [0, 0.05) is 16.6 Å². The van der Waals surface area contributed by atoms with Gasteiger partial charge in [0.05, 0.1) is 0 Å². The van der Waals surface area contributed by atoms with E-state index in [1.54, 1.807) is 12.1 Å². The Labute approximate surface area is 133 Å². The van der Waals surface area contributed by atoms with Crippen LogP contribution in [0.4, 0.5) is 4.39 Å². The smallest absolute Gasteiger partial charge is 0.126 e. The zero-order valence-corrected chi connectivity index (χ0v) is 13.6. The average molecular weight is 348 g/mol. The zero-order valence-electron chi connectivity index (χ0n) is 12.0. The normalized spacial score (nSPS) is 22.6. The predicted molar refractivity (Wildman–Crippen MR) is 87.9 cm³/mol. The maximum Gasteiger partial charge on any atom is 0.126 e. The van der Waals surface area contributed by atoms with Gasteiger partial charge in [0.15, 0.2) is 0 Å². The second-order valence-electron chi connectivity index (χ2n) is 5.80. The largest absolute Gasteiger partial charge is 0.307 e. The van der Waals surface area contributed by atoms with Crippen LogP contribution in [0, 0.1) is 5.82 Å². The number of halogens is 2. The minimum atomic E-state index is -0.0696. The van der Waals surface area contributed by atoms with Crippen molar-refractivity contribution in [3.05, 3.63) is 69.9 Å². The Morgan fingerprint density at radius 3 is 2.48 bits per heavy atom. The number of rotatable bonds is 4. The molecule has 1 aliphatic rings. The van der Waals surface area contributed by atoms with Gasteiger partial charge in [-0.3, -0.25) is 0 Å². The molecule has 1 fully saturated rings. The molecule has 0 heterocycles. The van der Waals surface area contributed by atoms with Crippen LogP contribution in [0.2, 0.25) is 0 Å². The lowest BCUT2D eigenvalue weighted by molar-refractivity contribution is 0.266. The van der Waals surface area contributed by atoms with Crippen LogP contribution >= 0.6 is 15.9 Å². The summed E-state index contributed by atoms with van der Waals surface area (Å²) in [4.78, 5) is 0. The monoisotopic (exact) mass is 347 g/mol. The first-order valence-corrected chi connectivity index (χ1v) is 8.19. The summed E-state index contributed by atoms with van der Waals surface area (Å²) in [6.45, 7) is 2.18. The van der Waals surface area contributed by atoms with Crippen molar-refractivity contribution in [1.29, 1.82) is 0 Å². The molecule has 0 saturated heterocycles. The molecule has 1 N–H and O–H groups in total. The highest BCUT2D eigenvalue weighted by molar-refractivity contribution is 9.10. The molecular weight excluding hydrogens is 329 g/mol. The first-order valence-electron chi connectivity index (χ1n) is 7.40. The molecule has 3 rings (SSSR count). The van der Waals surface area contributed by atoms with E-state index >= 15 is 0 Å². The van der Waals surface area contributed by atoms with E-state index in [1.165, 1.54) is 5.56 Å². The van der Waals surface area contributed by atoms with E-state index in [0.717, 1.165) is 22.9 Å². The van der Waals surface area contributed by atoms with Crippen molar-refractivity contribution in [3.63, 3.8) is 0 Å². The predicted octanol–water partition coefficient (Wildman–Crippen LogP) is 5.19. The Morgan fingerprint density at radius 2 is 1.76 bits per heavy atom. The fourth-order valence-electron chi connectivity index (χ4n) is 3.08. The van der Waals surface area contributed by atoms with Crippen molar-refractivity contribution < 1.29 is 4.39 Å². The van der Waals surface area contributed by atoms with Gasteiger partial charge in [0.25, 0.3) is 0 Å². The summed E-state index contributed by atoms with van der Waals surface area (Å²) in [5.41, 5.74) is 2.14. The third-order valence-electron chi connectivity index (χ3n) is 4.34. The molecular formula is C18H19BrFN. The van der Waals surface area contributed by atoms with Crippen LogP contribution in [0.3, 0.4) is 0 Å². The lowest BCUT2D eigenvalue weighted by atomic mass is 9.75. The molecule has 1 saturated carbocycles. The van der Waals surface area contributed by atoms with Crippen molar-refractivity contribution in [1.82, 2.24) is 5.32 Å². The lowest BCUT2D eigenvalue weighted by Gasteiger charge is -2.38. The van der Waals surface area contributed by atoms with E-state index in [-0.39, 0.29) is 5.82 Å². The molecule has 2 aromatic rings. The van der Waals surface area contributed by atoms with E-state index in [1.807, 2.05) is 18.2 Å². The zero-order chi connectivity index (χ0) is 14.8. The van der Waals surface area contributed by atoms with E-state index in [4.69, 9.17) is 0 Å². The van der Waals surface area contributed by atoms with Gasteiger partial charge in [-0.2, -0.15) is 0 Å². The van der Waals surface area contributed by atoms with E-state index in [2.05, 4.69) is 46.4 Å². The Kier molecular flexibility index (Phi) is 4.41. The van der Waals surface area contributed by atoms with Gasteiger partial charge in [-0.25, -0.2) is 4.39 Å². The molecule has 1 nitrogen and oxygen atoms in total. The maximum absolute atomic E-state index is 13.7. The molecule has 2 aromatic carbocycles. The summed E-state index contributed by atoms with van der Waals surface area (Å²) in [6, 6.07) is 16.2. The van der Waals surface area contributed by atoms with Gasteiger partial charge >= 0.3 is 0 Å². The molecule has 0 amide bonds. The topological polar surface area (TPSA) is 12.0 Å². The van der Waals surface area contributed by atoms with Crippen LogP contribution in [0.1, 0.15) is 42.9 Å². The number of benzene rings is 2. The third kappa shape index (κ3) is 3.19. The molecule has 1 aliphatic carbocycles. The van der Waals surface area contributed by atoms with Crippen molar-refractivity contribution in [3.8, 4) is 0 Å². The van der Waals surface area contributed by atoms with Crippen LogP contribution in [0.25, 0.3) is 0 Å². The third-order valence-corrected chi connectivity index (χ3v) is 5.06. The van der Waals surface area contributed by atoms with E-state index < -0.39 is 0 Å². The fourth-order valence-corrected chi connectivity index (χ4v) is 3.71. The first-order chi connectivity index (χ1) is 10.1. The SMILES string of the molecule is C[C@H](NC1CC(c2ccccc2F)C1)c1ccccc1Br. The second-order valence-corrected chi connectivity index (χ2v) is 6.65. The van der Waals surface area contributed by atoms with E-state index in [9.17, 15) is 4.39 Å². The summed E-state index contributed by atoms with van der Waals surface area (Å²) in [6.07, 6.45) is 2.02. The molecule has 0 bridgehead atoms. The van der Waals surface area contributed by atoms with Gasteiger partial charge in [-0.1, -0.05) is 52.3 Å². The van der Waals surface area contributed by atoms with Gasteiger partial charge in [-0.15, -0.1) is 0 Å². The molecule has 3 heteroatoms. The number of hydrogen-bond donors (Lipinski definition) is 1. The van der Waals surface area contributed by atoms with Crippen LogP contribution in [-0.4, -0.2) is 6.04 Å². The Morgan fingerprint density at radius 1 is 1.10 bits per heavy atom. The van der Waals surface area contributed by atoms with Crippen molar-refractivity contribution in [2.45, 2.75) is 37.8 Å². The summed E-state index contributed by atoms with van der Waals surface area (Å²) in [5, 5.41) is 3.64. The summed E-state index contributed by atoms with van der Waals surface area (Å²) < 4.78 is 14.9. The van der Waals surface area contributed by atoms with Gasteiger partial charge < -0.3 is 5.32 Å². The molecule has 1 atom stereocenters. The minimum absolute atomic E-state index is 0.0696. The molecule has 0 aromatic heterocycles. The fraction of sp³-hybridized carbons (Fsp3) is 0.333. The quantitative estimate of drug-likeness (QED) is 0.802. The van der Waals surface area contributed by atoms with Gasteiger partial charge in [0.2, 0.25) is 0 Å². The molecule has 0 spiro atoms. The van der Waals surface area contributed by atoms with Gasteiger partial charge in [0.1, 0.15) is 5.82 Å². The van der Waals surface area contributed by atoms with Crippen molar-refractivity contribution in [2.24, 2.45) is 0 Å². The van der Waals surface area contributed by atoms with Crippen molar-refractivity contribution in [2.75, 3.05) is 0 Å².